The van der Waals surface area contributed by atoms with Crippen LogP contribution in [0.25, 0.3) is 21.8 Å². The number of nitrogens with zero attached hydrogens (tertiary/aromatic N) is 7. The number of thiazole rings is 1. The summed E-state index contributed by atoms with van der Waals surface area (Å²) in [7, 11) is 0. The van der Waals surface area contributed by atoms with E-state index >= 15 is 0 Å². The summed E-state index contributed by atoms with van der Waals surface area (Å²) < 4.78 is 3.75. The van der Waals surface area contributed by atoms with Crippen molar-refractivity contribution in [2.45, 2.75) is 27.4 Å². The van der Waals surface area contributed by atoms with Gasteiger partial charge in [-0.05, 0) is 31.9 Å². The van der Waals surface area contributed by atoms with Gasteiger partial charge in [0.2, 0.25) is 0 Å². The van der Waals surface area contributed by atoms with Gasteiger partial charge in [0.15, 0.2) is 28.9 Å². The lowest BCUT2D eigenvalue weighted by atomic mass is 10.1. The third kappa shape index (κ3) is 3.03. The van der Waals surface area contributed by atoms with E-state index in [2.05, 4.69) is 38.6 Å². The molecule has 0 atom stereocenters. The van der Waals surface area contributed by atoms with Crippen LogP contribution in [0.4, 0.5) is 0 Å². The molecule has 9 heteroatoms. The predicted octanol–water partition coefficient (Wildman–Crippen LogP) is 4.08. The molecule has 0 radical (unpaired) electrons. The van der Waals surface area contributed by atoms with Crippen LogP contribution in [0.1, 0.15) is 29.6 Å². The van der Waals surface area contributed by atoms with Crippen molar-refractivity contribution in [2.24, 2.45) is 5.16 Å². The summed E-state index contributed by atoms with van der Waals surface area (Å²) in [5.74, 6) is 0.549. The smallest absolute Gasteiger partial charge is 0.195 e. The predicted molar refractivity (Wildman–Crippen MR) is 116 cm³/mol. The Morgan fingerprint density at radius 3 is 2.73 bits per heavy atom. The van der Waals surface area contributed by atoms with Crippen LogP contribution < -0.4 is 0 Å². The molecule has 1 aromatic carbocycles. The van der Waals surface area contributed by atoms with Gasteiger partial charge in [-0.15, -0.1) is 16.4 Å². The molecule has 0 aliphatic rings. The van der Waals surface area contributed by atoms with Crippen molar-refractivity contribution in [3.05, 3.63) is 70.9 Å². The average molecular weight is 417 g/mol. The number of aryl methyl sites for hydroxylation is 1. The molecule has 150 valence electrons. The average Bonchev–Trinajstić information content (AvgIpc) is 3.48. The van der Waals surface area contributed by atoms with Gasteiger partial charge in [0.05, 0.1) is 11.1 Å². The monoisotopic (exact) mass is 417 g/mol. The van der Waals surface area contributed by atoms with E-state index in [1.165, 1.54) is 0 Å². The zero-order chi connectivity index (χ0) is 20.7. The van der Waals surface area contributed by atoms with E-state index in [0.29, 0.717) is 5.82 Å². The molecule has 5 aromatic rings. The molecular formula is C21H19N7OS. The minimum atomic E-state index is 0.179. The fourth-order valence-electron chi connectivity index (χ4n) is 3.45. The van der Waals surface area contributed by atoms with Crippen LogP contribution in [0.15, 0.2) is 53.4 Å². The van der Waals surface area contributed by atoms with Gasteiger partial charge in [-0.2, -0.15) is 0 Å². The fraction of sp³-hybridized carbons (Fsp3) is 0.190. The second-order valence-electron chi connectivity index (χ2n) is 6.92. The maximum atomic E-state index is 5.51. The number of hydrogen-bond donors (Lipinski definition) is 0. The minimum Gasteiger partial charge on any atom is -0.387 e. The van der Waals surface area contributed by atoms with Crippen LogP contribution in [-0.2, 0) is 11.4 Å². The van der Waals surface area contributed by atoms with Crippen LogP contribution >= 0.6 is 11.3 Å². The van der Waals surface area contributed by atoms with E-state index in [0.717, 1.165) is 44.3 Å². The van der Waals surface area contributed by atoms with E-state index in [-0.39, 0.29) is 6.61 Å². The molecule has 0 aliphatic carbocycles. The molecule has 0 bridgehead atoms. The molecule has 4 heterocycles. The lowest BCUT2D eigenvalue weighted by Gasteiger charge is -2.02. The Balaban J connectivity index is 1.49. The molecule has 0 saturated heterocycles. The van der Waals surface area contributed by atoms with Crippen LogP contribution in [0.3, 0.4) is 0 Å². The first-order valence-electron chi connectivity index (χ1n) is 9.47. The normalized spacial score (nSPS) is 12.2. The number of benzene rings is 1. The summed E-state index contributed by atoms with van der Waals surface area (Å²) >= 11 is 1.58. The van der Waals surface area contributed by atoms with Gasteiger partial charge >= 0.3 is 0 Å². The van der Waals surface area contributed by atoms with E-state index in [1.54, 1.807) is 28.4 Å². The Kier molecular flexibility index (Phi) is 4.51. The lowest BCUT2D eigenvalue weighted by molar-refractivity contribution is 0.125. The Hall–Kier alpha value is -3.59. The molecule has 0 aliphatic heterocycles. The molecule has 0 spiro atoms. The van der Waals surface area contributed by atoms with E-state index in [4.69, 9.17) is 9.82 Å². The highest BCUT2D eigenvalue weighted by molar-refractivity contribution is 7.12. The van der Waals surface area contributed by atoms with E-state index < -0.39 is 0 Å². The van der Waals surface area contributed by atoms with Crippen molar-refractivity contribution in [3.63, 3.8) is 0 Å². The molecule has 4 aromatic heterocycles. The lowest BCUT2D eigenvalue weighted by Crippen LogP contribution is -1.98. The maximum Gasteiger partial charge on any atom is 0.195 e. The van der Waals surface area contributed by atoms with Gasteiger partial charge in [0.25, 0.3) is 0 Å². The van der Waals surface area contributed by atoms with Crippen molar-refractivity contribution in [1.82, 2.24) is 29.1 Å². The van der Waals surface area contributed by atoms with Gasteiger partial charge in [-0.3, -0.25) is 4.57 Å². The molecule has 0 N–H and O–H groups in total. The Morgan fingerprint density at radius 1 is 1.13 bits per heavy atom. The quantitative estimate of drug-likeness (QED) is 0.318. The Morgan fingerprint density at radius 2 is 1.97 bits per heavy atom. The number of oxime groups is 1. The summed E-state index contributed by atoms with van der Waals surface area (Å²) in [6.07, 6.45) is 3.47. The second-order valence-corrected chi connectivity index (χ2v) is 7.79. The standard InChI is InChI=1S/C21H19N7OS/c1-13-15(3)28(21-22-9-10-30-21)19-18(13)20-24-17(25-27(20)12-23-19)11-29-26-14(2)16-7-5-4-6-8-16/h4-10,12H,11H2,1-3H3. The number of fused-ring (bicyclic) bond motifs is 3. The summed E-state index contributed by atoms with van der Waals surface area (Å²) in [6.45, 7) is 6.23. The molecule has 0 fully saturated rings. The highest BCUT2D eigenvalue weighted by Crippen LogP contribution is 2.30. The zero-order valence-electron chi connectivity index (χ0n) is 16.8. The highest BCUT2D eigenvalue weighted by atomic mass is 32.1. The molecule has 0 unspecified atom stereocenters. The van der Waals surface area contributed by atoms with Crippen molar-refractivity contribution in [2.75, 3.05) is 0 Å². The van der Waals surface area contributed by atoms with Crippen LogP contribution in [0, 0.1) is 13.8 Å². The third-order valence-electron chi connectivity index (χ3n) is 5.07. The van der Waals surface area contributed by atoms with Gasteiger partial charge in [0.1, 0.15) is 6.33 Å². The van der Waals surface area contributed by atoms with E-state index in [1.807, 2.05) is 42.6 Å². The summed E-state index contributed by atoms with van der Waals surface area (Å²) in [4.78, 5) is 19.3. The molecule has 5 rings (SSSR count). The van der Waals surface area contributed by atoms with Crippen molar-refractivity contribution < 1.29 is 4.84 Å². The first-order chi connectivity index (χ1) is 14.6. The SMILES string of the molecule is CC(=NOCc1nc2c3c(C)c(C)n(-c4nccs4)c3ncn2n1)c1ccccc1. The van der Waals surface area contributed by atoms with Crippen molar-refractivity contribution >= 4 is 33.7 Å². The summed E-state index contributed by atoms with van der Waals surface area (Å²) in [5.41, 5.74) is 5.58. The largest absolute Gasteiger partial charge is 0.387 e. The zero-order valence-corrected chi connectivity index (χ0v) is 17.6. The number of hydrogen-bond acceptors (Lipinski definition) is 7. The summed E-state index contributed by atoms with van der Waals surface area (Å²) in [6, 6.07) is 9.90. The van der Waals surface area contributed by atoms with Crippen molar-refractivity contribution in [3.8, 4) is 5.13 Å². The Labute approximate surface area is 176 Å². The highest BCUT2D eigenvalue weighted by Gasteiger charge is 2.19. The number of rotatable bonds is 5. The maximum absolute atomic E-state index is 5.51. The first kappa shape index (κ1) is 18.4. The molecule has 0 saturated carbocycles. The fourth-order valence-corrected chi connectivity index (χ4v) is 4.14. The topological polar surface area (TPSA) is 82.5 Å². The first-order valence-corrected chi connectivity index (χ1v) is 10.3. The molecular weight excluding hydrogens is 398 g/mol. The van der Waals surface area contributed by atoms with Gasteiger partial charge in [0, 0.05) is 17.3 Å². The Bertz CT molecular complexity index is 1370. The molecule has 0 amide bonds. The van der Waals surface area contributed by atoms with Crippen LogP contribution in [-0.4, -0.2) is 34.8 Å². The van der Waals surface area contributed by atoms with Crippen molar-refractivity contribution in [1.29, 1.82) is 0 Å². The summed E-state index contributed by atoms with van der Waals surface area (Å²) in [5, 5.41) is 12.5. The molecule has 30 heavy (non-hydrogen) atoms. The van der Waals surface area contributed by atoms with Gasteiger partial charge in [-0.25, -0.2) is 19.5 Å². The van der Waals surface area contributed by atoms with E-state index in [9.17, 15) is 0 Å². The van der Waals surface area contributed by atoms with Crippen LogP contribution in [0.5, 0.6) is 0 Å². The second kappa shape index (κ2) is 7.34. The van der Waals surface area contributed by atoms with Crippen LogP contribution in [0.2, 0.25) is 0 Å². The minimum absolute atomic E-state index is 0.179. The van der Waals surface area contributed by atoms with Gasteiger partial charge < -0.3 is 4.84 Å². The third-order valence-corrected chi connectivity index (χ3v) is 5.83. The van der Waals surface area contributed by atoms with Gasteiger partial charge in [-0.1, -0.05) is 35.5 Å². The number of aromatic nitrogens is 6. The molecule has 8 nitrogen and oxygen atoms in total.